The summed E-state index contributed by atoms with van der Waals surface area (Å²) in [6.07, 6.45) is 3.80. The van der Waals surface area contributed by atoms with Crippen LogP contribution in [0.1, 0.15) is 29.3 Å². The van der Waals surface area contributed by atoms with Crippen LogP contribution in [-0.4, -0.2) is 20.1 Å². The van der Waals surface area contributed by atoms with Gasteiger partial charge in [0, 0.05) is 12.7 Å². The van der Waals surface area contributed by atoms with E-state index in [0.29, 0.717) is 5.75 Å². The molecule has 0 spiro atoms. The van der Waals surface area contributed by atoms with Gasteiger partial charge in [-0.2, -0.15) is 0 Å². The van der Waals surface area contributed by atoms with Crippen LogP contribution in [0.25, 0.3) is 0 Å². The van der Waals surface area contributed by atoms with E-state index in [0.717, 1.165) is 36.2 Å². The molecule has 0 amide bonds. The van der Waals surface area contributed by atoms with Crippen molar-refractivity contribution in [3.8, 4) is 5.75 Å². The van der Waals surface area contributed by atoms with Gasteiger partial charge >= 0.3 is 0 Å². The van der Waals surface area contributed by atoms with E-state index in [1.165, 1.54) is 5.56 Å². The molecule has 2 rings (SSSR count). The number of hydrogen-bond donors (Lipinski definition) is 1. The van der Waals surface area contributed by atoms with E-state index in [9.17, 15) is 5.11 Å². The third-order valence-electron chi connectivity index (χ3n) is 3.22. The first-order chi connectivity index (χ1) is 8.60. The lowest BCUT2D eigenvalue weighted by atomic mass is 9.97. The molecule has 1 aromatic carbocycles. The minimum Gasteiger partial charge on any atom is -0.508 e. The third kappa shape index (κ3) is 2.70. The fourth-order valence-corrected chi connectivity index (χ4v) is 2.23. The van der Waals surface area contributed by atoms with E-state index in [4.69, 9.17) is 0 Å². The van der Waals surface area contributed by atoms with Crippen molar-refractivity contribution in [2.45, 2.75) is 40.2 Å². The molecule has 0 atom stereocenters. The minimum atomic E-state index is 0.339. The number of nitrogens with zero attached hydrogens (tertiary/aromatic N) is 3. The van der Waals surface area contributed by atoms with Gasteiger partial charge in [-0.1, -0.05) is 5.21 Å². The van der Waals surface area contributed by atoms with Gasteiger partial charge in [0.05, 0.1) is 5.69 Å². The molecule has 0 fully saturated rings. The van der Waals surface area contributed by atoms with Gasteiger partial charge < -0.3 is 5.11 Å². The van der Waals surface area contributed by atoms with Gasteiger partial charge in [0.1, 0.15) is 5.75 Å². The van der Waals surface area contributed by atoms with Crippen LogP contribution in [0, 0.1) is 13.8 Å². The number of hydrogen-bond acceptors (Lipinski definition) is 3. The Kier molecular flexibility index (Phi) is 3.65. The summed E-state index contributed by atoms with van der Waals surface area (Å²) in [5.74, 6) is 0.339. The summed E-state index contributed by atoms with van der Waals surface area (Å²) < 4.78 is 1.84. The van der Waals surface area contributed by atoms with Crippen LogP contribution >= 0.6 is 0 Å². The lowest BCUT2D eigenvalue weighted by molar-refractivity contribution is 0.474. The predicted molar refractivity (Wildman–Crippen MR) is 70.7 cm³/mol. The monoisotopic (exact) mass is 245 g/mol. The Hall–Kier alpha value is -1.84. The van der Waals surface area contributed by atoms with Crippen molar-refractivity contribution in [2.75, 3.05) is 0 Å². The Morgan fingerprint density at radius 1 is 1.17 bits per heavy atom. The summed E-state index contributed by atoms with van der Waals surface area (Å²) in [5.41, 5.74) is 4.58. The summed E-state index contributed by atoms with van der Waals surface area (Å²) >= 11 is 0. The number of aromatic nitrogens is 3. The highest BCUT2D eigenvalue weighted by atomic mass is 16.3. The van der Waals surface area contributed by atoms with Crippen LogP contribution in [0.2, 0.25) is 0 Å². The van der Waals surface area contributed by atoms with Gasteiger partial charge in [0.2, 0.25) is 0 Å². The first-order valence-corrected chi connectivity index (χ1v) is 6.28. The molecule has 1 heterocycles. The van der Waals surface area contributed by atoms with Gasteiger partial charge in [-0.25, -0.2) is 0 Å². The zero-order valence-corrected chi connectivity index (χ0v) is 11.1. The van der Waals surface area contributed by atoms with Gasteiger partial charge in [-0.3, -0.25) is 4.68 Å². The van der Waals surface area contributed by atoms with E-state index in [-0.39, 0.29) is 0 Å². The first-order valence-electron chi connectivity index (χ1n) is 6.28. The number of aryl methyl sites for hydroxylation is 4. The summed E-state index contributed by atoms with van der Waals surface area (Å²) in [4.78, 5) is 0. The van der Waals surface area contributed by atoms with Crippen molar-refractivity contribution in [1.82, 2.24) is 15.0 Å². The Morgan fingerprint density at radius 3 is 2.39 bits per heavy atom. The molecule has 0 saturated heterocycles. The zero-order valence-electron chi connectivity index (χ0n) is 11.1. The van der Waals surface area contributed by atoms with Crippen molar-refractivity contribution in [2.24, 2.45) is 0 Å². The van der Waals surface area contributed by atoms with Crippen LogP contribution in [0.3, 0.4) is 0 Å². The van der Waals surface area contributed by atoms with Crippen molar-refractivity contribution < 1.29 is 5.11 Å². The minimum absolute atomic E-state index is 0.339. The summed E-state index contributed by atoms with van der Waals surface area (Å²) in [6.45, 7) is 6.97. The van der Waals surface area contributed by atoms with E-state index in [1.54, 1.807) is 0 Å². The molecule has 0 radical (unpaired) electrons. The third-order valence-corrected chi connectivity index (χ3v) is 3.22. The highest BCUT2D eigenvalue weighted by Gasteiger charge is 2.07. The maximum atomic E-state index is 9.51. The van der Waals surface area contributed by atoms with Crippen LogP contribution in [0.15, 0.2) is 18.3 Å². The average molecular weight is 245 g/mol. The highest BCUT2D eigenvalue weighted by Crippen LogP contribution is 2.21. The Balaban J connectivity index is 2.10. The molecule has 0 aliphatic rings. The largest absolute Gasteiger partial charge is 0.508 e. The second kappa shape index (κ2) is 5.21. The summed E-state index contributed by atoms with van der Waals surface area (Å²) in [6, 6.07) is 3.62. The van der Waals surface area contributed by atoms with Crippen molar-refractivity contribution in [1.29, 1.82) is 0 Å². The maximum absolute atomic E-state index is 9.51. The fraction of sp³-hybridized carbons (Fsp3) is 0.429. The van der Waals surface area contributed by atoms with E-state index in [1.807, 2.05) is 43.8 Å². The van der Waals surface area contributed by atoms with Crippen LogP contribution in [-0.2, 0) is 19.4 Å². The average Bonchev–Trinajstić information content (AvgIpc) is 2.75. The van der Waals surface area contributed by atoms with Gasteiger partial charge in [0.15, 0.2) is 0 Å². The van der Waals surface area contributed by atoms with E-state index < -0.39 is 0 Å². The molecule has 1 N–H and O–H groups in total. The van der Waals surface area contributed by atoms with Crippen molar-refractivity contribution >= 4 is 0 Å². The molecular formula is C14H19N3O. The Morgan fingerprint density at radius 2 is 1.83 bits per heavy atom. The maximum Gasteiger partial charge on any atom is 0.116 e. The van der Waals surface area contributed by atoms with Crippen LogP contribution in [0.4, 0.5) is 0 Å². The Bertz CT molecular complexity index is 523. The first kappa shape index (κ1) is 12.6. The topological polar surface area (TPSA) is 50.9 Å². The van der Waals surface area contributed by atoms with Crippen molar-refractivity contribution in [3.63, 3.8) is 0 Å². The molecule has 0 unspecified atom stereocenters. The second-order valence-electron chi connectivity index (χ2n) is 4.62. The Labute approximate surface area is 107 Å². The molecule has 96 valence electrons. The number of aromatic hydroxyl groups is 1. The zero-order chi connectivity index (χ0) is 13.1. The van der Waals surface area contributed by atoms with Gasteiger partial charge in [-0.05, 0) is 62.4 Å². The summed E-state index contributed by atoms with van der Waals surface area (Å²) in [7, 11) is 0. The number of phenolic OH excluding ortho intramolecular Hbond substituents is 1. The van der Waals surface area contributed by atoms with Crippen molar-refractivity contribution in [3.05, 3.63) is 40.7 Å². The number of benzene rings is 1. The van der Waals surface area contributed by atoms with E-state index >= 15 is 0 Å². The number of rotatable bonds is 4. The lowest BCUT2D eigenvalue weighted by Gasteiger charge is -2.09. The van der Waals surface area contributed by atoms with Crippen LogP contribution in [0.5, 0.6) is 5.75 Å². The molecule has 4 nitrogen and oxygen atoms in total. The van der Waals surface area contributed by atoms with Gasteiger partial charge in [-0.15, -0.1) is 5.10 Å². The van der Waals surface area contributed by atoms with E-state index in [2.05, 4.69) is 10.3 Å². The molecular weight excluding hydrogens is 226 g/mol. The highest BCUT2D eigenvalue weighted by molar-refractivity contribution is 5.40. The molecule has 1 aromatic heterocycles. The predicted octanol–water partition coefficient (Wildman–Crippen LogP) is 2.41. The molecule has 18 heavy (non-hydrogen) atoms. The van der Waals surface area contributed by atoms with Gasteiger partial charge in [0.25, 0.3) is 0 Å². The smallest absolute Gasteiger partial charge is 0.116 e. The lowest BCUT2D eigenvalue weighted by Crippen LogP contribution is -1.97. The SMILES string of the molecule is CCn1cc(CCc2c(C)cc(O)cc2C)nn1. The molecule has 4 heteroatoms. The summed E-state index contributed by atoms with van der Waals surface area (Å²) in [5, 5.41) is 17.7. The second-order valence-corrected chi connectivity index (χ2v) is 4.62. The normalized spacial score (nSPS) is 10.8. The molecule has 0 aliphatic carbocycles. The molecule has 2 aromatic rings. The molecule has 0 bridgehead atoms. The number of phenols is 1. The molecule has 0 saturated carbocycles. The fourth-order valence-electron chi connectivity index (χ4n) is 2.23. The standard InChI is InChI=1S/C14H19N3O/c1-4-17-9-12(15-16-17)5-6-14-10(2)7-13(18)8-11(14)3/h7-9,18H,4-6H2,1-3H3. The quantitative estimate of drug-likeness (QED) is 0.900. The van der Waals surface area contributed by atoms with Crippen LogP contribution < -0.4 is 0 Å². The molecule has 0 aliphatic heterocycles.